The van der Waals surface area contributed by atoms with Gasteiger partial charge in [-0.2, -0.15) is 4.31 Å². The zero-order chi connectivity index (χ0) is 41.2. The molecule has 4 aromatic rings. The van der Waals surface area contributed by atoms with Crippen LogP contribution in [0.3, 0.4) is 0 Å². The zero-order valence-electron chi connectivity index (χ0n) is 33.2. The first-order valence-corrected chi connectivity index (χ1v) is 21.3. The molecule has 2 heterocycles. The van der Waals surface area contributed by atoms with E-state index < -0.39 is 21.8 Å². The molecule has 2 fully saturated rings. The molecule has 0 unspecified atom stereocenters. The molecule has 14 heteroatoms. The Morgan fingerprint density at radius 1 is 0.776 bits per heavy atom. The number of piperidine rings is 1. The number of benzene rings is 3. The Kier molecular flexibility index (Phi) is 13.9. The van der Waals surface area contributed by atoms with Crippen LogP contribution in [0.15, 0.2) is 90.0 Å². The molecule has 1 aromatic heterocycles. The number of carbonyl (C=O) groups is 4. The molecule has 0 bridgehead atoms. The number of hydrogen-bond acceptors (Lipinski definition) is 10. The summed E-state index contributed by atoms with van der Waals surface area (Å²) in [6, 6.07) is 21.9. The second-order valence-electron chi connectivity index (χ2n) is 14.7. The molecule has 13 nitrogen and oxygen atoms in total. The van der Waals surface area contributed by atoms with Gasteiger partial charge in [0.1, 0.15) is 5.82 Å². The molecule has 58 heavy (non-hydrogen) atoms. The van der Waals surface area contributed by atoms with Gasteiger partial charge in [0.15, 0.2) is 0 Å². The lowest BCUT2D eigenvalue weighted by Gasteiger charge is -2.34. The fourth-order valence-corrected chi connectivity index (χ4v) is 9.48. The number of aryl methyl sites for hydroxylation is 2. The standard InChI is InChI=1S/C44H51N5O8S/c1-4-49(35-20-18-33(19-21-35)44(53)57-3)58(54,55)37-10-8-9-34(27-37)41(50)46-39-23-22-36(48-25-6-5-7-26-48)28-38(39)42(51)47-40-24-15-31(29-45-40)12-11-30-13-16-32(17-14-30)43(52)56-2/h8-10,13-17,22-24,27-29,33,35H,4-7,11-12,18-21,25-26H2,1-3H3,(H,46,50)(H,45,47,51)/t33-,35-. The van der Waals surface area contributed by atoms with Crippen molar-refractivity contribution in [2.24, 2.45) is 5.92 Å². The fraction of sp³-hybridized carbons (Fsp3) is 0.386. The maximum absolute atomic E-state index is 14.0. The summed E-state index contributed by atoms with van der Waals surface area (Å²) in [7, 11) is -1.27. The van der Waals surface area contributed by atoms with Gasteiger partial charge in [-0.15, -0.1) is 0 Å². The second-order valence-corrected chi connectivity index (χ2v) is 16.6. The van der Waals surface area contributed by atoms with Crippen molar-refractivity contribution in [3.63, 3.8) is 0 Å². The molecule has 1 aliphatic carbocycles. The number of carbonyl (C=O) groups excluding carboxylic acids is 4. The number of sulfonamides is 1. The highest BCUT2D eigenvalue weighted by atomic mass is 32.2. The smallest absolute Gasteiger partial charge is 0.337 e. The van der Waals surface area contributed by atoms with E-state index in [-0.39, 0.29) is 52.2 Å². The van der Waals surface area contributed by atoms with Crippen LogP contribution in [0.1, 0.15) is 94.1 Å². The molecule has 2 N–H and O–H groups in total. The van der Waals surface area contributed by atoms with Crippen molar-refractivity contribution in [1.82, 2.24) is 9.29 Å². The van der Waals surface area contributed by atoms with Crippen molar-refractivity contribution >= 4 is 51.0 Å². The fourth-order valence-electron chi connectivity index (χ4n) is 7.74. The quantitative estimate of drug-likeness (QED) is 0.128. The van der Waals surface area contributed by atoms with Gasteiger partial charge >= 0.3 is 11.9 Å². The molecule has 306 valence electrons. The van der Waals surface area contributed by atoms with E-state index in [0.29, 0.717) is 43.5 Å². The predicted molar refractivity (Wildman–Crippen MR) is 222 cm³/mol. The van der Waals surface area contributed by atoms with Crippen LogP contribution in [0.4, 0.5) is 17.2 Å². The lowest BCUT2D eigenvalue weighted by Crippen LogP contribution is -2.43. The van der Waals surface area contributed by atoms with Crippen LogP contribution < -0.4 is 15.5 Å². The summed E-state index contributed by atoms with van der Waals surface area (Å²) in [5.74, 6) is -1.58. The van der Waals surface area contributed by atoms with Crippen LogP contribution in [0.25, 0.3) is 0 Å². The number of hydrogen-bond donors (Lipinski definition) is 2. The van der Waals surface area contributed by atoms with E-state index in [1.165, 1.54) is 42.8 Å². The highest BCUT2D eigenvalue weighted by Crippen LogP contribution is 2.32. The lowest BCUT2D eigenvalue weighted by molar-refractivity contribution is -0.146. The maximum atomic E-state index is 14.0. The summed E-state index contributed by atoms with van der Waals surface area (Å²) in [5, 5.41) is 5.75. The highest BCUT2D eigenvalue weighted by molar-refractivity contribution is 7.89. The Labute approximate surface area is 340 Å². The van der Waals surface area contributed by atoms with Gasteiger partial charge in [0.2, 0.25) is 10.0 Å². The first kappa shape index (κ1) is 42.0. The number of aromatic nitrogens is 1. The average Bonchev–Trinajstić information content (AvgIpc) is 3.26. The molecular weight excluding hydrogens is 759 g/mol. The highest BCUT2D eigenvalue weighted by Gasteiger charge is 2.35. The minimum absolute atomic E-state index is 0.0125. The molecule has 3 aromatic carbocycles. The van der Waals surface area contributed by atoms with Crippen LogP contribution in [0.2, 0.25) is 0 Å². The number of esters is 2. The van der Waals surface area contributed by atoms with Crippen LogP contribution >= 0.6 is 0 Å². The summed E-state index contributed by atoms with van der Waals surface area (Å²) in [6.45, 7) is 3.73. The largest absolute Gasteiger partial charge is 0.469 e. The van der Waals surface area contributed by atoms with E-state index in [9.17, 15) is 27.6 Å². The molecule has 2 aliphatic rings. The van der Waals surface area contributed by atoms with Crippen LogP contribution in [-0.2, 0) is 37.1 Å². The van der Waals surface area contributed by atoms with E-state index in [1.807, 2.05) is 24.3 Å². The maximum Gasteiger partial charge on any atom is 0.337 e. The van der Waals surface area contributed by atoms with Gasteiger partial charge in [0.25, 0.3) is 11.8 Å². The van der Waals surface area contributed by atoms with Crippen molar-refractivity contribution < 1.29 is 37.1 Å². The third-order valence-electron chi connectivity index (χ3n) is 11.0. The molecule has 6 rings (SSSR count). The zero-order valence-corrected chi connectivity index (χ0v) is 34.1. The molecule has 0 radical (unpaired) electrons. The number of nitrogens with zero attached hydrogens (tertiary/aromatic N) is 3. The van der Waals surface area contributed by atoms with Crippen molar-refractivity contribution in [1.29, 1.82) is 0 Å². The van der Waals surface area contributed by atoms with Gasteiger partial charge in [-0.1, -0.05) is 31.2 Å². The summed E-state index contributed by atoms with van der Waals surface area (Å²) < 4.78 is 39.0. The van der Waals surface area contributed by atoms with Crippen LogP contribution in [0, 0.1) is 5.92 Å². The van der Waals surface area contributed by atoms with E-state index in [1.54, 1.807) is 43.5 Å². The number of nitrogens with one attached hydrogen (secondary N) is 2. The van der Waals surface area contributed by atoms with Crippen LogP contribution in [0.5, 0.6) is 0 Å². The third-order valence-corrected chi connectivity index (χ3v) is 13.0. The Bertz CT molecular complexity index is 2200. The van der Waals surface area contributed by atoms with Gasteiger partial charge in [0, 0.05) is 43.1 Å². The first-order chi connectivity index (χ1) is 28.0. The molecule has 1 saturated carbocycles. The second kappa shape index (κ2) is 19.2. The molecule has 0 atom stereocenters. The number of amides is 2. The van der Waals surface area contributed by atoms with E-state index in [0.717, 1.165) is 55.6 Å². The summed E-state index contributed by atoms with van der Waals surface area (Å²) in [5.41, 5.74) is 4.00. The van der Waals surface area contributed by atoms with Crippen molar-refractivity contribution in [2.75, 3.05) is 49.4 Å². The number of methoxy groups -OCH3 is 2. The van der Waals surface area contributed by atoms with Gasteiger partial charge in [-0.25, -0.2) is 18.2 Å². The molecule has 0 spiro atoms. The molecular formula is C44H51N5O8S. The summed E-state index contributed by atoms with van der Waals surface area (Å²) in [4.78, 5) is 58.2. The monoisotopic (exact) mass is 809 g/mol. The van der Waals surface area contributed by atoms with Crippen molar-refractivity contribution in [2.45, 2.75) is 75.6 Å². The molecule has 1 aliphatic heterocycles. The Balaban J connectivity index is 1.16. The minimum Gasteiger partial charge on any atom is -0.469 e. The Morgan fingerprint density at radius 2 is 1.48 bits per heavy atom. The van der Waals surface area contributed by atoms with Gasteiger partial charge < -0.3 is 25.0 Å². The third kappa shape index (κ3) is 10.1. The van der Waals surface area contributed by atoms with E-state index >= 15 is 0 Å². The SMILES string of the molecule is CCN([C@H]1CC[C@H](C(=O)OC)CC1)S(=O)(=O)c1cccc(C(=O)Nc2ccc(N3CCCCC3)cc2C(=O)Nc2ccc(CCc3ccc(C(=O)OC)cc3)cn2)c1. The van der Waals surface area contributed by atoms with Crippen molar-refractivity contribution in [3.8, 4) is 0 Å². The van der Waals surface area contributed by atoms with Gasteiger partial charge in [-0.3, -0.25) is 14.4 Å². The number of anilines is 3. The summed E-state index contributed by atoms with van der Waals surface area (Å²) in [6.07, 6.45) is 8.49. The van der Waals surface area contributed by atoms with Crippen LogP contribution in [-0.4, -0.2) is 81.4 Å². The lowest BCUT2D eigenvalue weighted by atomic mass is 9.86. The van der Waals surface area contributed by atoms with E-state index in [4.69, 9.17) is 9.47 Å². The Hall–Kier alpha value is -5.60. The summed E-state index contributed by atoms with van der Waals surface area (Å²) >= 11 is 0. The van der Waals surface area contributed by atoms with Crippen molar-refractivity contribution in [3.05, 3.63) is 113 Å². The molecule has 1 saturated heterocycles. The van der Waals surface area contributed by atoms with Gasteiger partial charge in [-0.05, 0) is 124 Å². The normalized spacial score (nSPS) is 17.0. The first-order valence-electron chi connectivity index (χ1n) is 19.8. The number of ether oxygens (including phenoxy) is 2. The predicted octanol–water partition coefficient (Wildman–Crippen LogP) is 6.89. The van der Waals surface area contributed by atoms with E-state index in [2.05, 4.69) is 20.5 Å². The minimum atomic E-state index is -3.98. The van der Waals surface area contributed by atoms with Gasteiger partial charge in [0.05, 0.1) is 41.8 Å². The average molecular weight is 810 g/mol. The topological polar surface area (TPSA) is 164 Å². The Morgan fingerprint density at radius 3 is 2.14 bits per heavy atom. The number of rotatable bonds is 14. The number of pyridine rings is 1. The molecule has 2 amide bonds.